The Morgan fingerprint density at radius 1 is 0.862 bits per heavy atom. The predicted octanol–water partition coefficient (Wildman–Crippen LogP) is 8.07. The summed E-state index contributed by atoms with van der Waals surface area (Å²) in [6.07, 6.45) is 21.0. The van der Waals surface area contributed by atoms with Crippen LogP contribution in [-0.4, -0.2) is 6.29 Å². The van der Waals surface area contributed by atoms with Crippen molar-refractivity contribution < 1.29 is 4.79 Å². The molecule has 1 nitrogen and oxygen atoms in total. The van der Waals surface area contributed by atoms with Gasteiger partial charge in [0.15, 0.2) is 0 Å². The van der Waals surface area contributed by atoms with E-state index in [1.807, 2.05) is 0 Å². The quantitative estimate of drug-likeness (QED) is 0.395. The van der Waals surface area contributed by atoms with Crippen LogP contribution < -0.4 is 0 Å². The molecule has 0 aromatic carbocycles. The number of fused-ring (bicyclic) bond motifs is 5. The first-order valence-electron chi connectivity index (χ1n) is 13.3. The Morgan fingerprint density at radius 2 is 1.66 bits per heavy atom. The van der Waals surface area contributed by atoms with Gasteiger partial charge >= 0.3 is 0 Å². The van der Waals surface area contributed by atoms with E-state index in [4.69, 9.17) is 0 Å². The zero-order chi connectivity index (χ0) is 20.6. The number of hydrogen-bond donors (Lipinski definition) is 0. The van der Waals surface area contributed by atoms with Crippen LogP contribution in [0.25, 0.3) is 0 Å². The maximum Gasteiger partial charge on any atom is 0.120 e. The number of carbonyl (C=O) groups excluding carboxylic acids is 1. The summed E-state index contributed by atoms with van der Waals surface area (Å²) in [5, 5.41) is 0. The minimum absolute atomic E-state index is 0.577. The van der Waals surface area contributed by atoms with Crippen LogP contribution in [0.5, 0.6) is 0 Å². The summed E-state index contributed by atoms with van der Waals surface area (Å²) < 4.78 is 0. The fourth-order valence-electron chi connectivity index (χ4n) is 9.54. The van der Waals surface area contributed by atoms with Gasteiger partial charge in [-0.15, -0.1) is 0 Å². The minimum Gasteiger partial charge on any atom is -0.303 e. The molecule has 4 saturated carbocycles. The zero-order valence-electron chi connectivity index (χ0n) is 19.9. The third kappa shape index (κ3) is 3.87. The van der Waals surface area contributed by atoms with E-state index < -0.39 is 0 Å². The molecule has 0 aromatic heterocycles. The second kappa shape index (κ2) is 8.66. The second-order valence-corrected chi connectivity index (χ2v) is 12.5. The van der Waals surface area contributed by atoms with E-state index in [2.05, 4.69) is 27.7 Å². The molecule has 4 fully saturated rings. The van der Waals surface area contributed by atoms with Gasteiger partial charge in [-0.1, -0.05) is 59.8 Å². The Hall–Kier alpha value is -0.330. The summed E-state index contributed by atoms with van der Waals surface area (Å²) in [5.74, 6) is 6.54. The summed E-state index contributed by atoms with van der Waals surface area (Å²) in [4.78, 5) is 10.7. The number of aldehydes is 1. The van der Waals surface area contributed by atoms with E-state index in [-0.39, 0.29) is 0 Å². The molecule has 0 aliphatic heterocycles. The molecule has 0 bridgehead atoms. The molecule has 166 valence electrons. The van der Waals surface area contributed by atoms with Gasteiger partial charge in [0.2, 0.25) is 0 Å². The standard InChI is InChI=1S/C28H48O/c1-20(16-19-29)8-7-9-21(2)24-13-14-25-23-12-11-22-10-5-6-17-27(22,3)26(23)15-18-28(24,25)4/h19-26H,5-18H2,1-4H3/t20?,21-,22?,23+,24-,25+,26+,27+,28-/m1/s1. The van der Waals surface area contributed by atoms with Gasteiger partial charge in [-0.05, 0) is 104 Å². The molecule has 4 rings (SSSR count). The highest BCUT2D eigenvalue weighted by Crippen LogP contribution is 2.68. The van der Waals surface area contributed by atoms with E-state index in [9.17, 15) is 4.79 Å². The molecule has 0 aromatic rings. The Bertz CT molecular complexity index is 569. The summed E-state index contributed by atoms with van der Waals surface area (Å²) in [6.45, 7) is 10.2. The highest BCUT2D eigenvalue weighted by molar-refractivity contribution is 5.49. The van der Waals surface area contributed by atoms with Crippen LogP contribution >= 0.6 is 0 Å². The number of carbonyl (C=O) groups is 1. The maximum atomic E-state index is 10.7. The van der Waals surface area contributed by atoms with Crippen LogP contribution in [0.3, 0.4) is 0 Å². The molecule has 0 saturated heterocycles. The fourth-order valence-corrected chi connectivity index (χ4v) is 9.54. The van der Waals surface area contributed by atoms with Crippen LogP contribution in [0.4, 0.5) is 0 Å². The number of rotatable bonds is 7. The third-order valence-electron chi connectivity index (χ3n) is 11.2. The molecule has 0 spiro atoms. The lowest BCUT2D eigenvalue weighted by atomic mass is 9.44. The van der Waals surface area contributed by atoms with Gasteiger partial charge in [-0.25, -0.2) is 0 Å². The normalized spacial score (nSPS) is 46.3. The Morgan fingerprint density at radius 3 is 2.45 bits per heavy atom. The molecule has 0 amide bonds. The van der Waals surface area contributed by atoms with Gasteiger partial charge in [0, 0.05) is 6.42 Å². The van der Waals surface area contributed by atoms with E-state index in [0.717, 1.165) is 48.2 Å². The van der Waals surface area contributed by atoms with Crippen molar-refractivity contribution in [2.45, 2.75) is 118 Å². The number of hydrogen-bond acceptors (Lipinski definition) is 1. The predicted molar refractivity (Wildman–Crippen MR) is 123 cm³/mol. The van der Waals surface area contributed by atoms with Crippen LogP contribution in [0.2, 0.25) is 0 Å². The molecule has 2 unspecified atom stereocenters. The van der Waals surface area contributed by atoms with Crippen molar-refractivity contribution in [1.29, 1.82) is 0 Å². The average molecular weight is 401 g/mol. The van der Waals surface area contributed by atoms with Crippen molar-refractivity contribution in [2.75, 3.05) is 0 Å². The van der Waals surface area contributed by atoms with E-state index in [0.29, 0.717) is 16.7 Å². The molecule has 29 heavy (non-hydrogen) atoms. The first-order valence-corrected chi connectivity index (χ1v) is 13.3. The molecule has 0 radical (unpaired) electrons. The summed E-state index contributed by atoms with van der Waals surface area (Å²) in [6, 6.07) is 0. The van der Waals surface area contributed by atoms with Crippen molar-refractivity contribution in [3.05, 3.63) is 0 Å². The Labute approximate surface area is 181 Å². The van der Waals surface area contributed by atoms with E-state index in [1.54, 1.807) is 12.8 Å². The lowest BCUT2D eigenvalue weighted by molar-refractivity contribution is -0.114. The summed E-state index contributed by atoms with van der Waals surface area (Å²) in [5.41, 5.74) is 1.30. The van der Waals surface area contributed by atoms with Gasteiger partial charge in [0.25, 0.3) is 0 Å². The first kappa shape index (κ1) is 21.9. The lowest BCUT2D eigenvalue weighted by Gasteiger charge is -2.61. The van der Waals surface area contributed by atoms with Gasteiger partial charge < -0.3 is 4.79 Å². The molecule has 4 aliphatic carbocycles. The second-order valence-electron chi connectivity index (χ2n) is 12.5. The highest BCUT2D eigenvalue weighted by atomic mass is 16.1. The van der Waals surface area contributed by atoms with Gasteiger partial charge in [0.1, 0.15) is 6.29 Å². The largest absolute Gasteiger partial charge is 0.303 e. The fraction of sp³-hybridized carbons (Fsp3) is 0.964. The molecule has 0 N–H and O–H groups in total. The zero-order valence-corrected chi connectivity index (χ0v) is 19.9. The maximum absolute atomic E-state index is 10.7. The van der Waals surface area contributed by atoms with Crippen molar-refractivity contribution in [2.24, 2.45) is 52.3 Å². The summed E-state index contributed by atoms with van der Waals surface area (Å²) >= 11 is 0. The third-order valence-corrected chi connectivity index (χ3v) is 11.2. The molecule has 1 heteroatoms. The minimum atomic E-state index is 0.577. The van der Waals surface area contributed by atoms with Gasteiger partial charge in [-0.3, -0.25) is 0 Å². The van der Waals surface area contributed by atoms with Crippen LogP contribution in [0, 0.1) is 52.3 Å². The monoisotopic (exact) mass is 400 g/mol. The highest BCUT2D eigenvalue weighted by Gasteiger charge is 2.59. The van der Waals surface area contributed by atoms with Crippen molar-refractivity contribution in [3.8, 4) is 0 Å². The summed E-state index contributed by atoms with van der Waals surface area (Å²) in [7, 11) is 0. The van der Waals surface area contributed by atoms with Crippen molar-refractivity contribution in [3.63, 3.8) is 0 Å². The van der Waals surface area contributed by atoms with Crippen LogP contribution in [-0.2, 0) is 4.79 Å². The topological polar surface area (TPSA) is 17.1 Å². The average Bonchev–Trinajstić information content (AvgIpc) is 3.05. The molecular formula is C28H48O. The molecular weight excluding hydrogens is 352 g/mol. The smallest absolute Gasteiger partial charge is 0.120 e. The van der Waals surface area contributed by atoms with Crippen LogP contribution in [0.15, 0.2) is 0 Å². The van der Waals surface area contributed by atoms with Crippen molar-refractivity contribution in [1.82, 2.24) is 0 Å². The Kier molecular flexibility index (Phi) is 6.54. The molecule has 0 heterocycles. The van der Waals surface area contributed by atoms with Crippen LogP contribution in [0.1, 0.15) is 118 Å². The lowest BCUT2D eigenvalue weighted by Crippen LogP contribution is -2.53. The van der Waals surface area contributed by atoms with E-state index in [1.165, 1.54) is 70.6 Å². The van der Waals surface area contributed by atoms with Gasteiger partial charge in [0.05, 0.1) is 0 Å². The van der Waals surface area contributed by atoms with Gasteiger partial charge in [-0.2, -0.15) is 0 Å². The molecule has 4 aliphatic rings. The first-order chi connectivity index (χ1) is 13.9. The van der Waals surface area contributed by atoms with Crippen molar-refractivity contribution >= 4 is 6.29 Å². The molecule has 9 atom stereocenters. The SMILES string of the molecule is CC(CC=O)CCC[C@@H](C)[C@H]1CC[C@H]2[C@@H]3CCC4CCCC[C@]4(C)[C@H]3CC[C@]12C. The van der Waals surface area contributed by atoms with E-state index >= 15 is 0 Å². The Balaban J connectivity index is 1.40.